The lowest BCUT2D eigenvalue weighted by molar-refractivity contribution is 0.0145. The molecule has 1 saturated carbocycles. The molecule has 3 nitrogen and oxygen atoms in total. The van der Waals surface area contributed by atoms with Gasteiger partial charge in [-0.1, -0.05) is 25.7 Å². The third-order valence-corrected chi connectivity index (χ3v) is 4.87. The first-order valence-electron chi connectivity index (χ1n) is 8.14. The largest absolute Gasteiger partial charge is 0.310 e. The molecule has 2 rings (SSSR count). The van der Waals surface area contributed by atoms with Gasteiger partial charge in [-0.05, 0) is 40.8 Å². The third-order valence-electron chi connectivity index (χ3n) is 4.87. The Morgan fingerprint density at radius 2 is 1.74 bits per heavy atom. The van der Waals surface area contributed by atoms with Crippen molar-refractivity contribution in [2.75, 3.05) is 33.7 Å². The van der Waals surface area contributed by atoms with E-state index in [9.17, 15) is 0 Å². The Balaban J connectivity index is 2.00. The Hall–Kier alpha value is -0.120. The van der Waals surface area contributed by atoms with Crippen molar-refractivity contribution in [2.45, 2.75) is 70.0 Å². The standard InChI is InChI=1S/C16H33N3/c1-16(2)13-17-14(11-18(3)4)12-19(16)15-9-7-5-6-8-10-15/h14-15,17H,5-13H2,1-4H3. The highest BCUT2D eigenvalue weighted by molar-refractivity contribution is 4.96. The van der Waals surface area contributed by atoms with Crippen LogP contribution >= 0.6 is 0 Å². The molecule has 1 atom stereocenters. The monoisotopic (exact) mass is 267 g/mol. The van der Waals surface area contributed by atoms with Crippen molar-refractivity contribution >= 4 is 0 Å². The average molecular weight is 267 g/mol. The average Bonchev–Trinajstić information content (AvgIpc) is 2.59. The van der Waals surface area contributed by atoms with E-state index in [1.165, 1.54) is 45.1 Å². The van der Waals surface area contributed by atoms with Gasteiger partial charge in [0.15, 0.2) is 0 Å². The van der Waals surface area contributed by atoms with Crippen LogP contribution in [0, 0.1) is 0 Å². The van der Waals surface area contributed by atoms with Crippen LogP contribution in [0.1, 0.15) is 52.4 Å². The minimum atomic E-state index is 0.317. The number of nitrogens with one attached hydrogen (secondary N) is 1. The first-order valence-corrected chi connectivity index (χ1v) is 8.14. The van der Waals surface area contributed by atoms with E-state index >= 15 is 0 Å². The highest BCUT2D eigenvalue weighted by Crippen LogP contribution is 2.29. The van der Waals surface area contributed by atoms with Crippen LogP contribution in [0.25, 0.3) is 0 Å². The van der Waals surface area contributed by atoms with E-state index in [-0.39, 0.29) is 0 Å². The Morgan fingerprint density at radius 3 is 2.32 bits per heavy atom. The summed E-state index contributed by atoms with van der Waals surface area (Å²) in [5, 5.41) is 3.74. The number of nitrogens with zero attached hydrogens (tertiary/aromatic N) is 2. The van der Waals surface area contributed by atoms with Crippen LogP contribution in [0.4, 0.5) is 0 Å². The van der Waals surface area contributed by atoms with Gasteiger partial charge in [0.25, 0.3) is 0 Å². The van der Waals surface area contributed by atoms with Crippen molar-refractivity contribution in [3.05, 3.63) is 0 Å². The first-order chi connectivity index (χ1) is 8.99. The minimum Gasteiger partial charge on any atom is -0.310 e. The van der Waals surface area contributed by atoms with Gasteiger partial charge in [-0.3, -0.25) is 4.90 Å². The second kappa shape index (κ2) is 6.55. The lowest BCUT2D eigenvalue weighted by atomic mass is 9.92. The second-order valence-electron chi connectivity index (χ2n) is 7.45. The number of hydrogen-bond acceptors (Lipinski definition) is 3. The van der Waals surface area contributed by atoms with Gasteiger partial charge in [0.05, 0.1) is 0 Å². The maximum Gasteiger partial charge on any atom is 0.0323 e. The fraction of sp³-hybridized carbons (Fsp3) is 1.00. The van der Waals surface area contributed by atoms with E-state index in [1.807, 2.05) is 0 Å². The highest BCUT2D eigenvalue weighted by atomic mass is 15.3. The lowest BCUT2D eigenvalue weighted by Crippen LogP contribution is -2.66. The molecule has 1 unspecified atom stereocenters. The van der Waals surface area contributed by atoms with Crippen LogP contribution in [-0.2, 0) is 0 Å². The molecule has 0 amide bonds. The molecule has 0 aromatic carbocycles. The Kier molecular flexibility index (Phi) is 5.27. The molecule has 0 radical (unpaired) electrons. The summed E-state index contributed by atoms with van der Waals surface area (Å²) in [6.07, 6.45) is 8.59. The Bertz CT molecular complexity index is 267. The molecule has 112 valence electrons. The fourth-order valence-electron chi connectivity index (χ4n) is 3.82. The molecular weight excluding hydrogens is 234 g/mol. The molecule has 1 aliphatic carbocycles. The SMILES string of the molecule is CN(C)CC1CN(C2CCCCCC2)C(C)(C)CN1. The van der Waals surface area contributed by atoms with Gasteiger partial charge in [-0.2, -0.15) is 0 Å². The van der Waals surface area contributed by atoms with Crippen LogP contribution in [0.15, 0.2) is 0 Å². The zero-order chi connectivity index (χ0) is 13.9. The normalized spacial score (nSPS) is 30.5. The van der Waals surface area contributed by atoms with Crippen molar-refractivity contribution in [1.82, 2.24) is 15.1 Å². The molecule has 0 bridgehead atoms. The lowest BCUT2D eigenvalue weighted by Gasteiger charge is -2.50. The molecule has 2 fully saturated rings. The Morgan fingerprint density at radius 1 is 1.11 bits per heavy atom. The molecule has 3 heteroatoms. The van der Waals surface area contributed by atoms with Gasteiger partial charge in [0.1, 0.15) is 0 Å². The van der Waals surface area contributed by atoms with E-state index in [2.05, 4.69) is 43.1 Å². The molecule has 19 heavy (non-hydrogen) atoms. The molecular formula is C16H33N3. The summed E-state index contributed by atoms with van der Waals surface area (Å²) >= 11 is 0. The number of likely N-dealkylation sites (N-methyl/N-ethyl adjacent to an activating group) is 1. The topological polar surface area (TPSA) is 18.5 Å². The van der Waals surface area contributed by atoms with Gasteiger partial charge < -0.3 is 10.2 Å². The summed E-state index contributed by atoms with van der Waals surface area (Å²) in [6, 6.07) is 1.45. The van der Waals surface area contributed by atoms with E-state index in [4.69, 9.17) is 0 Å². The molecule has 2 aliphatic rings. The van der Waals surface area contributed by atoms with E-state index in [1.54, 1.807) is 0 Å². The molecule has 1 N–H and O–H groups in total. The van der Waals surface area contributed by atoms with Gasteiger partial charge in [-0.25, -0.2) is 0 Å². The van der Waals surface area contributed by atoms with Crippen LogP contribution in [0.2, 0.25) is 0 Å². The van der Waals surface area contributed by atoms with Crippen molar-refractivity contribution in [1.29, 1.82) is 0 Å². The van der Waals surface area contributed by atoms with Crippen molar-refractivity contribution in [2.24, 2.45) is 0 Å². The fourth-order valence-corrected chi connectivity index (χ4v) is 3.82. The predicted octanol–water partition coefficient (Wildman–Crippen LogP) is 2.32. The number of piperazine rings is 1. The zero-order valence-electron chi connectivity index (χ0n) is 13.4. The number of rotatable bonds is 3. The summed E-state index contributed by atoms with van der Waals surface area (Å²) in [5.74, 6) is 0. The second-order valence-corrected chi connectivity index (χ2v) is 7.45. The van der Waals surface area contributed by atoms with Gasteiger partial charge >= 0.3 is 0 Å². The van der Waals surface area contributed by atoms with Crippen LogP contribution < -0.4 is 5.32 Å². The van der Waals surface area contributed by atoms with Gasteiger partial charge in [-0.15, -0.1) is 0 Å². The number of hydrogen-bond donors (Lipinski definition) is 1. The first kappa shape index (κ1) is 15.3. The summed E-state index contributed by atoms with van der Waals surface area (Å²) in [4.78, 5) is 5.13. The smallest absolute Gasteiger partial charge is 0.0323 e. The summed E-state index contributed by atoms with van der Waals surface area (Å²) in [7, 11) is 4.36. The molecule has 1 heterocycles. The van der Waals surface area contributed by atoms with Crippen LogP contribution in [-0.4, -0.2) is 61.2 Å². The minimum absolute atomic E-state index is 0.317. The van der Waals surface area contributed by atoms with Crippen molar-refractivity contribution in [3.63, 3.8) is 0 Å². The summed E-state index contributed by atoms with van der Waals surface area (Å²) in [6.45, 7) is 8.32. The molecule has 1 saturated heterocycles. The summed E-state index contributed by atoms with van der Waals surface area (Å²) in [5.41, 5.74) is 0.317. The third kappa shape index (κ3) is 4.17. The van der Waals surface area contributed by atoms with E-state index in [0.717, 1.165) is 19.1 Å². The van der Waals surface area contributed by atoms with Crippen LogP contribution in [0.3, 0.4) is 0 Å². The Labute approximate surface area is 119 Å². The summed E-state index contributed by atoms with van der Waals surface area (Å²) < 4.78 is 0. The van der Waals surface area contributed by atoms with E-state index in [0.29, 0.717) is 11.6 Å². The van der Waals surface area contributed by atoms with E-state index < -0.39 is 0 Å². The maximum absolute atomic E-state index is 3.74. The van der Waals surface area contributed by atoms with Crippen molar-refractivity contribution < 1.29 is 0 Å². The quantitative estimate of drug-likeness (QED) is 0.792. The maximum atomic E-state index is 3.74. The highest BCUT2D eigenvalue weighted by Gasteiger charge is 2.37. The predicted molar refractivity (Wildman–Crippen MR) is 82.6 cm³/mol. The van der Waals surface area contributed by atoms with Crippen LogP contribution in [0.5, 0.6) is 0 Å². The zero-order valence-corrected chi connectivity index (χ0v) is 13.4. The molecule has 0 aromatic rings. The van der Waals surface area contributed by atoms with Gasteiger partial charge in [0.2, 0.25) is 0 Å². The molecule has 1 aliphatic heterocycles. The van der Waals surface area contributed by atoms with Gasteiger partial charge in [0, 0.05) is 37.3 Å². The van der Waals surface area contributed by atoms with Crippen molar-refractivity contribution in [3.8, 4) is 0 Å². The molecule has 0 aromatic heterocycles. The molecule has 0 spiro atoms.